The second-order valence-electron chi connectivity index (χ2n) is 25.6. The molecule has 2 unspecified atom stereocenters. The maximum absolute atomic E-state index is 13.2. The fourth-order valence-corrected chi connectivity index (χ4v) is 15.4. The third-order valence-electron chi connectivity index (χ3n) is 15.2. The summed E-state index contributed by atoms with van der Waals surface area (Å²) in [7, 11) is -5.69. The summed E-state index contributed by atoms with van der Waals surface area (Å²) in [6.07, 6.45) is 4.55. The van der Waals surface area contributed by atoms with Crippen LogP contribution >= 0.6 is 49.0 Å². The van der Waals surface area contributed by atoms with Gasteiger partial charge < -0.3 is 49.3 Å². The van der Waals surface area contributed by atoms with Crippen molar-refractivity contribution in [1.82, 2.24) is 24.9 Å². The van der Waals surface area contributed by atoms with Gasteiger partial charge in [0.05, 0.1) is 81.1 Å². The number of phosphoric ester groups is 2. The van der Waals surface area contributed by atoms with Gasteiger partial charge in [0.1, 0.15) is 11.6 Å². The predicted molar refractivity (Wildman–Crippen MR) is 352 cm³/mol. The third kappa shape index (κ3) is 33.4. The topological polar surface area (TPSA) is 278 Å². The van der Waals surface area contributed by atoms with Gasteiger partial charge in [-0.2, -0.15) is 11.8 Å². The van der Waals surface area contributed by atoms with Gasteiger partial charge in [0.15, 0.2) is 0 Å². The van der Waals surface area contributed by atoms with E-state index in [-0.39, 0.29) is 138 Å². The molecule has 88 heavy (non-hydrogen) atoms. The molecule has 0 aliphatic carbocycles. The Bertz CT molecular complexity index is 2190. The lowest BCUT2D eigenvalue weighted by Crippen LogP contribution is -2.39. The number of carbonyl (C=O) groups is 6. The van der Waals surface area contributed by atoms with Crippen LogP contribution in [-0.4, -0.2) is 212 Å². The van der Waals surface area contributed by atoms with Gasteiger partial charge in [-0.1, -0.05) is 91.3 Å². The molecular weight excluding hydrogens is 1230 g/mol. The van der Waals surface area contributed by atoms with Crippen LogP contribution in [-0.2, 0) is 65.5 Å². The minimum absolute atomic E-state index is 0. The summed E-state index contributed by atoms with van der Waals surface area (Å²) in [5.74, 6) is 3.12. The standard InChI is InChI=1S/C33H60N3O10PS2.C27H51N2O7PS.CH4/c1-23(2)31(39)13-16-49-48-15-8-10-32(40)36-20-30(18-27(36)21-44-25(5)6)46-47(42,43)45-22-26-17-29(38)19-35(26)33(41)12-11-28(37)9-7-14-34-24(3)4;1-19(2)10-11-27(31)28-15-22(7)13-23(28)18-35-37(32,33)36-25-14-24(17-34-20(3)4)29(16-25)26(30)9-8-12-38-21(5)6;/h23-27,29-30,34,38H,7-22H2,1-6H3,(H,42,43);19-25H,8-18H2,1-7H3,(H,32,33);1H4/t26-,27-,29+,30+;22-,23+,24+,25-;/m01./s1. The number of nitrogens with zero attached hydrogens (tertiary/aromatic N) is 4. The molecule has 4 aliphatic heterocycles. The van der Waals surface area contributed by atoms with Crippen molar-refractivity contribution in [2.75, 3.05) is 76.4 Å². The average Bonchev–Trinajstić information content (AvgIpc) is 4.46. The molecule has 4 saturated heterocycles. The van der Waals surface area contributed by atoms with Gasteiger partial charge in [-0.3, -0.25) is 46.9 Å². The van der Waals surface area contributed by atoms with Crippen LogP contribution in [0.2, 0.25) is 0 Å². The number of ketones is 2. The van der Waals surface area contributed by atoms with Gasteiger partial charge in [-0.25, -0.2) is 9.13 Å². The smallest absolute Gasteiger partial charge is 0.391 e. The van der Waals surface area contributed by atoms with Crippen LogP contribution in [0.4, 0.5) is 0 Å². The molecule has 0 bridgehead atoms. The van der Waals surface area contributed by atoms with Crippen LogP contribution in [0.5, 0.6) is 0 Å². The highest BCUT2D eigenvalue weighted by Crippen LogP contribution is 2.49. The second kappa shape index (κ2) is 42.6. The summed E-state index contributed by atoms with van der Waals surface area (Å²) in [5, 5.41) is 14.0. The molecule has 4 N–H and O–H groups in total. The summed E-state index contributed by atoms with van der Waals surface area (Å²) in [6, 6.07) is -1.08. The van der Waals surface area contributed by atoms with Gasteiger partial charge in [0.2, 0.25) is 23.6 Å². The molecule has 0 saturated carbocycles. The van der Waals surface area contributed by atoms with Crippen molar-refractivity contribution in [3.63, 3.8) is 0 Å². The Morgan fingerprint density at radius 3 is 1.51 bits per heavy atom. The van der Waals surface area contributed by atoms with Crippen molar-refractivity contribution in [1.29, 1.82) is 0 Å². The van der Waals surface area contributed by atoms with Gasteiger partial charge in [0, 0.05) is 94.6 Å². The molecule has 4 heterocycles. The van der Waals surface area contributed by atoms with Gasteiger partial charge >= 0.3 is 15.6 Å². The molecule has 27 heteroatoms. The van der Waals surface area contributed by atoms with Crippen molar-refractivity contribution in [2.24, 2.45) is 17.8 Å². The Morgan fingerprint density at radius 1 is 0.545 bits per heavy atom. The van der Waals surface area contributed by atoms with Crippen molar-refractivity contribution >= 4 is 84.2 Å². The van der Waals surface area contributed by atoms with E-state index < -0.39 is 40.0 Å². The number of hydrogen-bond acceptors (Lipinski definition) is 19. The zero-order valence-corrected chi connectivity index (χ0v) is 58.9. The number of amides is 4. The van der Waals surface area contributed by atoms with Crippen LogP contribution in [0.15, 0.2) is 0 Å². The predicted octanol–water partition coefficient (Wildman–Crippen LogP) is 10.1. The number of rotatable bonds is 41. The van der Waals surface area contributed by atoms with E-state index >= 15 is 0 Å². The molecule has 4 amide bonds. The fraction of sp³-hybridized carbons (Fsp3) is 0.902. The van der Waals surface area contributed by atoms with E-state index in [2.05, 4.69) is 39.9 Å². The number of ether oxygens (including phenoxy) is 2. The molecule has 0 aromatic heterocycles. The lowest BCUT2D eigenvalue weighted by molar-refractivity contribution is -0.135. The number of likely N-dealkylation sites (tertiary alicyclic amines) is 4. The van der Waals surface area contributed by atoms with E-state index in [4.69, 9.17) is 27.6 Å². The first-order valence-corrected chi connectivity index (χ1v) is 38.4. The molecule has 22 nitrogen and oxygen atoms in total. The number of aliphatic hydroxyl groups excluding tert-OH is 1. The fourth-order valence-electron chi connectivity index (χ4n) is 10.6. The number of phosphoric acid groups is 2. The molecule has 0 aromatic carbocycles. The van der Waals surface area contributed by atoms with Crippen molar-refractivity contribution in [3.8, 4) is 0 Å². The first-order chi connectivity index (χ1) is 40.8. The number of carbonyl (C=O) groups excluding carboxylic acids is 6. The largest absolute Gasteiger partial charge is 0.472 e. The van der Waals surface area contributed by atoms with E-state index in [1.807, 2.05) is 67.2 Å². The minimum atomic E-state index is -4.58. The van der Waals surface area contributed by atoms with Crippen molar-refractivity contribution in [2.45, 2.75) is 260 Å². The second-order valence-corrected chi connectivity index (χ2v) is 32.8. The summed E-state index contributed by atoms with van der Waals surface area (Å²) in [6.45, 7) is 28.1. The van der Waals surface area contributed by atoms with E-state index in [0.717, 1.165) is 43.1 Å². The molecule has 10 atom stereocenters. The Hall–Kier alpha value is -1.67. The van der Waals surface area contributed by atoms with Crippen molar-refractivity contribution in [3.05, 3.63) is 0 Å². The molecule has 4 rings (SSSR count). The molecular formula is C61H115N5O17P2S3. The molecule has 0 spiro atoms. The van der Waals surface area contributed by atoms with E-state index in [0.29, 0.717) is 94.1 Å². The first-order valence-electron chi connectivity index (χ1n) is 31.9. The molecule has 4 aliphatic rings. The summed E-state index contributed by atoms with van der Waals surface area (Å²) in [5.41, 5.74) is 0. The summed E-state index contributed by atoms with van der Waals surface area (Å²) < 4.78 is 59.3. The SMILES string of the molecule is C.CC(C)CCC(=O)N1C[C@H](C)C[C@H]1COP(=O)(O)O[C@@H]1C[C@@H](COC(C)C)N(C(=O)CCCSC(C)C)C1.CC(C)NCCCC(=O)CCC(=O)N1C[C@H](O)C[C@H]1COP(=O)(O)O[C@@H]1C[C@@H](COC(C)C)N(C(=O)CCCSSCCC(=O)C(C)C)C1. The Morgan fingerprint density at radius 2 is 1.01 bits per heavy atom. The van der Waals surface area contributed by atoms with E-state index in [1.54, 1.807) is 36.3 Å². The average molecular weight is 1350 g/mol. The monoisotopic (exact) mass is 1350 g/mol. The lowest BCUT2D eigenvalue weighted by atomic mass is 10.1. The maximum atomic E-state index is 13.2. The maximum Gasteiger partial charge on any atom is 0.472 e. The Kier molecular flexibility index (Phi) is 39.9. The number of hydrogen-bond donors (Lipinski definition) is 4. The van der Waals surface area contributed by atoms with Crippen LogP contribution in [0.1, 0.15) is 194 Å². The van der Waals surface area contributed by atoms with Crippen LogP contribution in [0, 0.1) is 17.8 Å². The Balaban J connectivity index is 0.000000612. The van der Waals surface area contributed by atoms with Crippen molar-refractivity contribution < 1.29 is 80.4 Å². The highest BCUT2D eigenvalue weighted by atomic mass is 33.1. The number of aliphatic hydroxyl groups is 1. The minimum Gasteiger partial charge on any atom is -0.391 e. The zero-order chi connectivity index (χ0) is 65.0. The van der Waals surface area contributed by atoms with E-state index in [9.17, 15) is 52.8 Å². The first kappa shape index (κ1) is 82.4. The third-order valence-corrected chi connectivity index (χ3v) is 21.0. The quantitative estimate of drug-likeness (QED) is 0.0252. The number of β-amino-alcohol motifs (C(OH)–C–C–N with tert-alkyl or cyclic N) is 1. The summed E-state index contributed by atoms with van der Waals surface area (Å²) >= 11 is 1.83. The number of Topliss-reactive ketones (excluding diaryl/α,β-unsaturated/α-hetero) is 2. The normalized spacial score (nSPS) is 23.6. The van der Waals surface area contributed by atoms with Gasteiger partial charge in [-0.15, -0.1) is 0 Å². The zero-order valence-electron chi connectivity index (χ0n) is 54.6. The van der Waals surface area contributed by atoms with Gasteiger partial charge in [0.25, 0.3) is 0 Å². The summed E-state index contributed by atoms with van der Waals surface area (Å²) in [4.78, 5) is 104. The molecule has 0 aromatic rings. The molecule has 4 fully saturated rings. The molecule has 514 valence electrons. The van der Waals surface area contributed by atoms with Crippen LogP contribution in [0.3, 0.4) is 0 Å². The number of thioether (sulfide) groups is 1. The van der Waals surface area contributed by atoms with Crippen LogP contribution in [0.25, 0.3) is 0 Å². The highest BCUT2D eigenvalue weighted by molar-refractivity contribution is 8.76. The Labute approximate surface area is 540 Å². The van der Waals surface area contributed by atoms with Gasteiger partial charge in [-0.05, 0) is 108 Å². The molecule has 0 radical (unpaired) electrons. The van der Waals surface area contributed by atoms with Crippen LogP contribution < -0.4 is 5.32 Å². The van der Waals surface area contributed by atoms with E-state index in [1.165, 1.54) is 4.90 Å². The number of nitrogens with one attached hydrogen (secondary N) is 1. The lowest BCUT2D eigenvalue weighted by Gasteiger charge is -2.26. The highest BCUT2D eigenvalue weighted by Gasteiger charge is 2.43.